The van der Waals surface area contributed by atoms with Crippen molar-refractivity contribution in [1.82, 2.24) is 19.7 Å². The molecule has 1 aliphatic rings. The molecule has 9 nitrogen and oxygen atoms in total. The molecule has 1 fully saturated rings. The molecule has 0 atom stereocenters. The largest absolute Gasteiger partial charge is 0.490 e. The highest BCUT2D eigenvalue weighted by Gasteiger charge is 2.38. The van der Waals surface area contributed by atoms with E-state index in [1.54, 1.807) is 12.7 Å². The molecule has 1 saturated heterocycles. The lowest BCUT2D eigenvalue weighted by atomic mass is 10.3. The van der Waals surface area contributed by atoms with Gasteiger partial charge in [0, 0.05) is 31.9 Å². The Morgan fingerprint density at radius 3 is 1.88 bits per heavy atom. The third kappa shape index (κ3) is 11.5. The quantitative estimate of drug-likeness (QED) is 0.618. The van der Waals surface area contributed by atoms with E-state index in [4.69, 9.17) is 19.8 Å². The van der Waals surface area contributed by atoms with Crippen molar-refractivity contribution >= 4 is 17.6 Å². The van der Waals surface area contributed by atoms with Gasteiger partial charge in [-0.05, 0) is 25.1 Å². The molecule has 34 heavy (non-hydrogen) atoms. The summed E-state index contributed by atoms with van der Waals surface area (Å²) in [7, 11) is 0. The Bertz CT molecular complexity index is 838. The summed E-state index contributed by atoms with van der Waals surface area (Å²) in [6.45, 7) is 6.49. The first-order chi connectivity index (χ1) is 15.8. The molecule has 15 heteroatoms. The zero-order valence-electron chi connectivity index (χ0n) is 17.7. The maximum Gasteiger partial charge on any atom is 0.490 e. The summed E-state index contributed by atoms with van der Waals surface area (Å²) < 4.78 is 65.4. The first kappa shape index (κ1) is 28.7. The number of carbonyl (C=O) groups is 2. The van der Waals surface area contributed by atoms with Crippen LogP contribution in [0.25, 0.3) is 0 Å². The summed E-state index contributed by atoms with van der Waals surface area (Å²) in [6, 6.07) is 10.7. The first-order valence-electron chi connectivity index (χ1n) is 9.75. The second kappa shape index (κ2) is 13.4. The molecule has 2 N–H and O–H groups in total. The van der Waals surface area contributed by atoms with Gasteiger partial charge in [-0.1, -0.05) is 18.2 Å². The number of alkyl halides is 6. The van der Waals surface area contributed by atoms with E-state index in [1.807, 2.05) is 4.68 Å². The number of carboxylic acid groups (broad SMARTS) is 2. The number of halogens is 6. The zero-order valence-corrected chi connectivity index (χ0v) is 17.7. The molecule has 0 unspecified atom stereocenters. The van der Waals surface area contributed by atoms with E-state index in [0.29, 0.717) is 0 Å². The number of nitrogens with zero attached hydrogens (tertiary/aromatic N) is 5. The van der Waals surface area contributed by atoms with Crippen molar-refractivity contribution in [3.05, 3.63) is 43.0 Å². The van der Waals surface area contributed by atoms with Gasteiger partial charge in [0.2, 0.25) is 0 Å². The monoisotopic (exact) mass is 499 g/mol. The van der Waals surface area contributed by atoms with Gasteiger partial charge in [0.05, 0.1) is 6.54 Å². The van der Waals surface area contributed by atoms with Crippen molar-refractivity contribution < 1.29 is 46.1 Å². The van der Waals surface area contributed by atoms with E-state index in [-0.39, 0.29) is 0 Å². The van der Waals surface area contributed by atoms with E-state index in [9.17, 15) is 26.3 Å². The molecule has 1 aromatic heterocycles. The molecular formula is C19H23F6N5O4. The number of carboxylic acids is 2. The van der Waals surface area contributed by atoms with Crippen LogP contribution in [0.5, 0.6) is 0 Å². The molecule has 0 aliphatic carbocycles. The lowest BCUT2D eigenvalue weighted by Crippen LogP contribution is -2.32. The Balaban J connectivity index is 0.000000343. The summed E-state index contributed by atoms with van der Waals surface area (Å²) in [4.78, 5) is 26.8. The van der Waals surface area contributed by atoms with Crippen LogP contribution >= 0.6 is 0 Å². The Morgan fingerprint density at radius 1 is 0.853 bits per heavy atom. The van der Waals surface area contributed by atoms with Crippen LogP contribution in [0.4, 0.5) is 32.0 Å². The van der Waals surface area contributed by atoms with Crippen molar-refractivity contribution in [1.29, 1.82) is 0 Å². The van der Waals surface area contributed by atoms with Gasteiger partial charge in [0.25, 0.3) is 0 Å². The van der Waals surface area contributed by atoms with Crippen LogP contribution in [-0.4, -0.2) is 86.9 Å². The van der Waals surface area contributed by atoms with E-state index in [1.165, 1.54) is 12.1 Å². The summed E-state index contributed by atoms with van der Waals surface area (Å²) in [6.07, 6.45) is -5.57. The second-order valence-corrected chi connectivity index (χ2v) is 6.78. The zero-order chi connectivity index (χ0) is 25.8. The minimum Gasteiger partial charge on any atom is -0.475 e. The lowest BCUT2D eigenvalue weighted by Gasteiger charge is -2.23. The maximum absolute atomic E-state index is 10.6. The minimum atomic E-state index is -5.08. The number of para-hydroxylation sites is 1. The Morgan fingerprint density at radius 2 is 1.41 bits per heavy atom. The standard InChI is InChI=1S/C15H21N5.2C2HF3O2/c1-2-5-15(6-3-1)19-8-4-7-18(9-11-19)10-12-20-14-16-13-17-20;2*3-2(4,5)1(6)7/h1-3,5-6,13-14H,4,7-12H2;2*(H,6,7). The summed E-state index contributed by atoms with van der Waals surface area (Å²) in [5.41, 5.74) is 1.34. The summed E-state index contributed by atoms with van der Waals surface area (Å²) >= 11 is 0. The van der Waals surface area contributed by atoms with Crippen LogP contribution in [0.15, 0.2) is 43.0 Å². The van der Waals surface area contributed by atoms with Gasteiger partial charge in [0.1, 0.15) is 12.7 Å². The number of anilines is 1. The fourth-order valence-corrected chi connectivity index (χ4v) is 2.68. The van der Waals surface area contributed by atoms with Gasteiger partial charge in [-0.3, -0.25) is 9.58 Å². The van der Waals surface area contributed by atoms with Crippen molar-refractivity contribution in [3.63, 3.8) is 0 Å². The Hall–Kier alpha value is -3.36. The highest BCUT2D eigenvalue weighted by molar-refractivity contribution is 5.73. The predicted molar refractivity (Wildman–Crippen MR) is 107 cm³/mol. The number of benzene rings is 1. The Labute approximate surface area is 190 Å². The normalized spacial score (nSPS) is 14.7. The molecule has 0 amide bonds. The van der Waals surface area contributed by atoms with Crippen LogP contribution < -0.4 is 4.90 Å². The molecule has 190 valence electrons. The number of hydrogen-bond acceptors (Lipinski definition) is 6. The van der Waals surface area contributed by atoms with Crippen molar-refractivity contribution in [2.24, 2.45) is 0 Å². The molecule has 0 saturated carbocycles. The second-order valence-electron chi connectivity index (χ2n) is 6.78. The number of aromatic nitrogens is 3. The molecule has 2 heterocycles. The Kier molecular flexibility index (Phi) is 11.3. The van der Waals surface area contributed by atoms with Crippen molar-refractivity contribution in [3.8, 4) is 0 Å². The molecule has 2 aromatic rings. The predicted octanol–water partition coefficient (Wildman–Crippen LogP) is 2.76. The SMILES string of the molecule is O=C(O)C(F)(F)F.O=C(O)C(F)(F)F.c1ccc(N2CCCN(CCn3cncn3)CC2)cc1. The molecular weight excluding hydrogens is 476 g/mol. The van der Waals surface area contributed by atoms with Crippen LogP contribution in [-0.2, 0) is 16.1 Å². The summed E-state index contributed by atoms with van der Waals surface area (Å²) in [5, 5.41) is 18.4. The third-order valence-electron chi connectivity index (χ3n) is 4.31. The van der Waals surface area contributed by atoms with Crippen LogP contribution in [0.2, 0.25) is 0 Å². The van der Waals surface area contributed by atoms with Gasteiger partial charge in [-0.25, -0.2) is 14.6 Å². The maximum atomic E-state index is 10.6. The highest BCUT2D eigenvalue weighted by Crippen LogP contribution is 2.16. The number of rotatable bonds is 4. The first-order valence-corrected chi connectivity index (χ1v) is 9.75. The summed E-state index contributed by atoms with van der Waals surface area (Å²) in [5.74, 6) is -5.51. The highest BCUT2D eigenvalue weighted by atomic mass is 19.4. The van der Waals surface area contributed by atoms with Gasteiger partial charge >= 0.3 is 24.3 Å². The lowest BCUT2D eigenvalue weighted by molar-refractivity contribution is -0.193. The fraction of sp³-hybridized carbons (Fsp3) is 0.474. The van der Waals surface area contributed by atoms with E-state index < -0.39 is 24.3 Å². The fourth-order valence-electron chi connectivity index (χ4n) is 2.68. The molecule has 0 radical (unpaired) electrons. The molecule has 3 rings (SSSR count). The van der Waals surface area contributed by atoms with Gasteiger partial charge in [-0.15, -0.1) is 0 Å². The minimum absolute atomic E-state index is 0.922. The molecule has 1 aromatic carbocycles. The third-order valence-corrected chi connectivity index (χ3v) is 4.31. The number of aliphatic carboxylic acids is 2. The van der Waals surface area contributed by atoms with E-state index >= 15 is 0 Å². The van der Waals surface area contributed by atoms with Gasteiger partial charge in [-0.2, -0.15) is 31.4 Å². The average Bonchev–Trinajstić information content (AvgIpc) is 3.16. The van der Waals surface area contributed by atoms with Gasteiger partial charge < -0.3 is 15.1 Å². The topological polar surface area (TPSA) is 112 Å². The van der Waals surface area contributed by atoms with Crippen LogP contribution in [0.3, 0.4) is 0 Å². The van der Waals surface area contributed by atoms with Crippen LogP contribution in [0.1, 0.15) is 6.42 Å². The van der Waals surface area contributed by atoms with Crippen LogP contribution in [0, 0.1) is 0 Å². The number of hydrogen-bond donors (Lipinski definition) is 2. The van der Waals surface area contributed by atoms with Gasteiger partial charge in [0.15, 0.2) is 0 Å². The molecule has 0 bridgehead atoms. The van der Waals surface area contributed by atoms with Crippen molar-refractivity contribution in [2.75, 3.05) is 37.6 Å². The molecule has 1 aliphatic heterocycles. The van der Waals surface area contributed by atoms with E-state index in [0.717, 1.165) is 39.3 Å². The molecule has 0 spiro atoms. The average molecular weight is 499 g/mol. The van der Waals surface area contributed by atoms with E-state index in [2.05, 4.69) is 50.2 Å². The smallest absolute Gasteiger partial charge is 0.475 e. The van der Waals surface area contributed by atoms with Crippen molar-refractivity contribution in [2.45, 2.75) is 25.3 Å².